The number of carbonyl (C=O) groups is 1. The monoisotopic (exact) mass is 400 g/mol. The van der Waals surface area contributed by atoms with E-state index < -0.39 is 11.9 Å². The minimum Gasteiger partial charge on any atom is -0.478 e. The lowest BCUT2D eigenvalue weighted by Gasteiger charge is -2.32. The van der Waals surface area contributed by atoms with Crippen molar-refractivity contribution in [3.63, 3.8) is 0 Å². The van der Waals surface area contributed by atoms with E-state index in [1.165, 1.54) is 25.0 Å². The lowest BCUT2D eigenvalue weighted by atomic mass is 10.0. The number of carbonyl (C=O) groups excluding carboxylic acids is 1. The van der Waals surface area contributed by atoms with Crippen LogP contribution in [0.5, 0.6) is 5.75 Å². The minimum atomic E-state index is -0.723. The second kappa shape index (κ2) is 9.37. The highest BCUT2D eigenvalue weighted by Crippen LogP contribution is 2.22. The Balaban J connectivity index is 1.78. The molecule has 1 atom stereocenters. The van der Waals surface area contributed by atoms with Crippen LogP contribution in [0.2, 0.25) is 0 Å². The maximum atomic E-state index is 13.8. The van der Waals surface area contributed by atoms with E-state index in [1.807, 2.05) is 0 Å². The summed E-state index contributed by atoms with van der Waals surface area (Å²) in [6.45, 7) is 7.01. The van der Waals surface area contributed by atoms with Gasteiger partial charge in [-0.15, -0.1) is 0 Å². The highest BCUT2D eigenvalue weighted by atomic mass is 79.9. The van der Waals surface area contributed by atoms with Gasteiger partial charge in [-0.05, 0) is 50.9 Å². The average Bonchev–Trinajstić information content (AvgIpc) is 2.56. The Bertz CT molecular complexity index is 548. The van der Waals surface area contributed by atoms with Crippen LogP contribution in [0, 0.1) is 5.82 Å². The van der Waals surface area contributed by atoms with Crippen LogP contribution in [-0.4, -0.2) is 42.6 Å². The predicted octanol–water partition coefficient (Wildman–Crippen LogP) is 3.74. The molecule has 0 radical (unpaired) electrons. The molecule has 1 aromatic rings. The van der Waals surface area contributed by atoms with Crippen molar-refractivity contribution in [2.24, 2.45) is 0 Å². The number of halogens is 2. The van der Waals surface area contributed by atoms with Crippen molar-refractivity contribution in [1.82, 2.24) is 10.2 Å². The van der Waals surface area contributed by atoms with Gasteiger partial charge in [0, 0.05) is 23.6 Å². The molecule has 0 saturated carbocycles. The van der Waals surface area contributed by atoms with Crippen molar-refractivity contribution < 1.29 is 13.9 Å². The molecule has 0 aromatic heterocycles. The molecule has 1 N–H and O–H groups in total. The van der Waals surface area contributed by atoms with Gasteiger partial charge in [-0.1, -0.05) is 29.3 Å². The molecule has 134 valence electrons. The third-order valence-electron chi connectivity index (χ3n) is 4.33. The lowest BCUT2D eigenvalue weighted by Crippen LogP contribution is -2.48. The van der Waals surface area contributed by atoms with E-state index >= 15 is 0 Å². The summed E-state index contributed by atoms with van der Waals surface area (Å²) in [5, 5.41) is 3.02. The Morgan fingerprint density at radius 3 is 2.79 bits per heavy atom. The third kappa shape index (κ3) is 5.74. The van der Waals surface area contributed by atoms with E-state index in [1.54, 1.807) is 13.0 Å². The fraction of sp³-hybridized carbons (Fsp3) is 0.611. The molecule has 0 unspecified atom stereocenters. The highest BCUT2D eigenvalue weighted by molar-refractivity contribution is 9.10. The first-order valence-electron chi connectivity index (χ1n) is 8.64. The summed E-state index contributed by atoms with van der Waals surface area (Å²) in [7, 11) is 0. The summed E-state index contributed by atoms with van der Waals surface area (Å²) in [4.78, 5) is 14.7. The summed E-state index contributed by atoms with van der Waals surface area (Å²) in [5.74, 6) is -0.576. The van der Waals surface area contributed by atoms with Crippen LogP contribution in [0.3, 0.4) is 0 Å². The summed E-state index contributed by atoms with van der Waals surface area (Å²) in [6.07, 6.45) is 3.61. The Morgan fingerprint density at radius 1 is 1.46 bits per heavy atom. The first-order valence-corrected chi connectivity index (χ1v) is 9.43. The maximum absolute atomic E-state index is 13.8. The zero-order valence-corrected chi connectivity index (χ0v) is 15.9. The van der Waals surface area contributed by atoms with Crippen molar-refractivity contribution in [3.05, 3.63) is 28.5 Å². The molecule has 1 fully saturated rings. The number of benzene rings is 1. The number of nitrogens with one attached hydrogen (secondary N) is 1. The van der Waals surface area contributed by atoms with Crippen molar-refractivity contribution in [2.45, 2.75) is 51.7 Å². The first kappa shape index (κ1) is 19.2. The van der Waals surface area contributed by atoms with Crippen molar-refractivity contribution in [3.8, 4) is 5.75 Å². The number of ether oxygens (including phenoxy) is 1. The van der Waals surface area contributed by atoms with Crippen molar-refractivity contribution in [1.29, 1.82) is 0 Å². The number of hydrogen-bond donors (Lipinski definition) is 1. The van der Waals surface area contributed by atoms with E-state index in [-0.39, 0.29) is 17.7 Å². The second-order valence-electron chi connectivity index (χ2n) is 6.31. The van der Waals surface area contributed by atoms with Crippen LogP contribution in [0.4, 0.5) is 4.39 Å². The molecule has 6 heteroatoms. The minimum absolute atomic E-state index is 0.0928. The van der Waals surface area contributed by atoms with Gasteiger partial charge in [0.25, 0.3) is 5.91 Å². The van der Waals surface area contributed by atoms with Gasteiger partial charge in [-0.25, -0.2) is 4.39 Å². The fourth-order valence-corrected chi connectivity index (χ4v) is 3.15. The van der Waals surface area contributed by atoms with Gasteiger partial charge in [-0.3, -0.25) is 4.79 Å². The van der Waals surface area contributed by atoms with E-state index in [4.69, 9.17) is 4.74 Å². The Labute approximate surface area is 151 Å². The van der Waals surface area contributed by atoms with Crippen LogP contribution in [0.25, 0.3) is 0 Å². The molecule has 2 rings (SSSR count). The molecule has 0 bridgehead atoms. The maximum Gasteiger partial charge on any atom is 0.260 e. The molecule has 1 amide bonds. The molecule has 1 aliphatic heterocycles. The molecule has 1 aromatic carbocycles. The molecule has 0 spiro atoms. The average molecular weight is 401 g/mol. The number of hydrogen-bond acceptors (Lipinski definition) is 3. The zero-order chi connectivity index (χ0) is 17.5. The molecule has 4 nitrogen and oxygen atoms in total. The van der Waals surface area contributed by atoms with Gasteiger partial charge in [0.05, 0.1) is 0 Å². The SMILES string of the molecule is CCCCN1CCC(NC(=O)[C@H](C)Oc2ccc(Br)cc2F)CC1. The Kier molecular flexibility index (Phi) is 7.49. The number of nitrogens with zero attached hydrogens (tertiary/aromatic N) is 1. The Morgan fingerprint density at radius 2 is 2.17 bits per heavy atom. The zero-order valence-electron chi connectivity index (χ0n) is 14.4. The van der Waals surface area contributed by atoms with E-state index in [2.05, 4.69) is 33.1 Å². The van der Waals surface area contributed by atoms with Crippen molar-refractivity contribution >= 4 is 21.8 Å². The summed E-state index contributed by atoms with van der Waals surface area (Å²) < 4.78 is 19.9. The van der Waals surface area contributed by atoms with Gasteiger partial charge in [-0.2, -0.15) is 0 Å². The van der Waals surface area contributed by atoms with Gasteiger partial charge < -0.3 is 15.0 Å². The van der Waals surface area contributed by atoms with Crippen LogP contribution >= 0.6 is 15.9 Å². The molecule has 1 heterocycles. The molecule has 24 heavy (non-hydrogen) atoms. The van der Waals surface area contributed by atoms with Crippen LogP contribution in [0.1, 0.15) is 39.5 Å². The van der Waals surface area contributed by atoms with Gasteiger partial charge in [0.2, 0.25) is 0 Å². The van der Waals surface area contributed by atoms with Gasteiger partial charge >= 0.3 is 0 Å². The first-order chi connectivity index (χ1) is 11.5. The number of rotatable bonds is 7. The predicted molar refractivity (Wildman–Crippen MR) is 96.7 cm³/mol. The fourth-order valence-electron chi connectivity index (χ4n) is 2.82. The number of unbranched alkanes of at least 4 members (excludes halogenated alkanes) is 1. The Hall–Kier alpha value is -1.14. The molecular weight excluding hydrogens is 375 g/mol. The van der Waals surface area contributed by atoms with Gasteiger partial charge in [0.15, 0.2) is 17.7 Å². The number of amides is 1. The van der Waals surface area contributed by atoms with E-state index in [9.17, 15) is 9.18 Å². The quantitative estimate of drug-likeness (QED) is 0.757. The second-order valence-corrected chi connectivity index (χ2v) is 7.23. The van der Waals surface area contributed by atoms with Crippen LogP contribution in [0.15, 0.2) is 22.7 Å². The summed E-state index contributed by atoms with van der Waals surface area (Å²) in [5.41, 5.74) is 0. The normalized spacial score (nSPS) is 17.5. The standard InChI is InChI=1S/C18H26BrFN2O2/c1-3-4-9-22-10-7-15(8-11-22)21-18(23)13(2)24-17-6-5-14(19)12-16(17)20/h5-6,12-13,15H,3-4,7-11H2,1-2H3,(H,21,23)/t13-/m0/s1. The van der Waals surface area contributed by atoms with Crippen LogP contribution in [-0.2, 0) is 4.79 Å². The number of likely N-dealkylation sites (tertiary alicyclic amines) is 1. The molecule has 1 aliphatic rings. The lowest BCUT2D eigenvalue weighted by molar-refractivity contribution is -0.128. The molecular formula is C18H26BrFN2O2. The topological polar surface area (TPSA) is 41.6 Å². The van der Waals surface area contributed by atoms with Crippen molar-refractivity contribution in [2.75, 3.05) is 19.6 Å². The van der Waals surface area contributed by atoms with E-state index in [0.29, 0.717) is 4.47 Å². The van der Waals surface area contributed by atoms with Crippen LogP contribution < -0.4 is 10.1 Å². The highest BCUT2D eigenvalue weighted by Gasteiger charge is 2.23. The third-order valence-corrected chi connectivity index (χ3v) is 4.82. The largest absolute Gasteiger partial charge is 0.478 e. The smallest absolute Gasteiger partial charge is 0.260 e. The molecule has 1 saturated heterocycles. The van der Waals surface area contributed by atoms with Gasteiger partial charge in [0.1, 0.15) is 0 Å². The van der Waals surface area contributed by atoms with E-state index in [0.717, 1.165) is 32.5 Å². The summed E-state index contributed by atoms with van der Waals surface area (Å²) >= 11 is 3.20. The summed E-state index contributed by atoms with van der Waals surface area (Å²) in [6, 6.07) is 4.72. The molecule has 0 aliphatic carbocycles. The number of piperidine rings is 1.